The minimum atomic E-state index is -0.258. The zero-order chi connectivity index (χ0) is 11.5. The van der Waals surface area contributed by atoms with Crippen molar-refractivity contribution in [2.45, 2.75) is 0 Å². The van der Waals surface area contributed by atoms with E-state index in [1.54, 1.807) is 0 Å². The second kappa shape index (κ2) is 4.43. The molecule has 1 aliphatic rings. The number of rotatable bonds is 2. The zero-order valence-corrected chi connectivity index (χ0v) is 9.21. The number of hydrogen-bond donors (Lipinski definition) is 1. The highest BCUT2D eigenvalue weighted by Crippen LogP contribution is 2.06. The fourth-order valence-corrected chi connectivity index (χ4v) is 1.77. The zero-order valence-electron chi connectivity index (χ0n) is 9.21. The Balaban J connectivity index is 1.87. The smallest absolute Gasteiger partial charge is 0.300 e. The fourth-order valence-electron chi connectivity index (χ4n) is 1.77. The van der Waals surface area contributed by atoms with Gasteiger partial charge in [-0.05, 0) is 5.46 Å². The van der Waals surface area contributed by atoms with Gasteiger partial charge in [0.2, 0.25) is 0 Å². The van der Waals surface area contributed by atoms with E-state index in [0.29, 0.717) is 0 Å². The molecule has 1 N–H and O–H groups in total. The summed E-state index contributed by atoms with van der Waals surface area (Å²) >= 11 is 0. The van der Waals surface area contributed by atoms with Crippen molar-refractivity contribution in [3.05, 3.63) is 66.2 Å². The van der Waals surface area contributed by atoms with Crippen LogP contribution in [0, 0.1) is 0 Å². The molecule has 0 radical (unpaired) electrons. The van der Waals surface area contributed by atoms with Crippen LogP contribution in [0.4, 0.5) is 0 Å². The lowest BCUT2D eigenvalue weighted by Crippen LogP contribution is -2.31. The third-order valence-corrected chi connectivity index (χ3v) is 2.65. The third kappa shape index (κ3) is 2.07. The Morgan fingerprint density at radius 1 is 0.882 bits per heavy atom. The molecule has 1 heterocycles. The molecule has 4 heteroatoms. The highest BCUT2D eigenvalue weighted by atomic mass is 16.6. The van der Waals surface area contributed by atoms with Crippen LogP contribution in [0.25, 0.3) is 0 Å². The number of benzene rings is 2. The molecule has 0 saturated carbocycles. The molecule has 17 heavy (non-hydrogen) atoms. The summed E-state index contributed by atoms with van der Waals surface area (Å²) in [4.78, 5) is 4.51. The molecule has 0 amide bonds. The molecule has 2 aromatic rings. The van der Waals surface area contributed by atoms with E-state index in [4.69, 9.17) is 4.76 Å². The number of hydrogen-bond acceptors (Lipinski definition) is 3. The summed E-state index contributed by atoms with van der Waals surface area (Å²) in [6.45, 7) is 0. The number of hydroxylamine groups is 1. The molecule has 0 spiro atoms. The van der Waals surface area contributed by atoms with Gasteiger partial charge in [-0.15, -0.1) is 0 Å². The van der Waals surface area contributed by atoms with Gasteiger partial charge < -0.3 is 0 Å². The van der Waals surface area contributed by atoms with Gasteiger partial charge in [-0.2, -0.15) is 0 Å². The molecule has 0 bridgehead atoms. The minimum absolute atomic E-state index is 0.258. The summed E-state index contributed by atoms with van der Waals surface area (Å²) < 4.78 is 5.45. The minimum Gasteiger partial charge on any atom is -0.300 e. The van der Waals surface area contributed by atoms with Gasteiger partial charge in [0.1, 0.15) is 5.84 Å². The van der Waals surface area contributed by atoms with Gasteiger partial charge in [0, 0.05) is 5.56 Å². The maximum atomic E-state index is 5.45. The van der Waals surface area contributed by atoms with Crippen molar-refractivity contribution in [3.8, 4) is 0 Å². The highest BCUT2D eigenvalue weighted by molar-refractivity contribution is 6.68. The molecule has 0 aromatic heterocycles. The molecule has 0 atom stereocenters. The van der Waals surface area contributed by atoms with E-state index in [2.05, 4.69) is 10.4 Å². The van der Waals surface area contributed by atoms with Crippen LogP contribution in [0.5, 0.6) is 0 Å². The monoisotopic (exact) mass is 222 g/mol. The molecule has 3 rings (SSSR count). The molecular weight excluding hydrogens is 211 g/mol. The van der Waals surface area contributed by atoms with Gasteiger partial charge in [0.25, 0.3) is 0 Å². The topological polar surface area (TPSA) is 33.6 Å². The molecule has 0 unspecified atom stereocenters. The van der Waals surface area contributed by atoms with Crippen molar-refractivity contribution in [1.82, 2.24) is 5.48 Å². The first-order valence-corrected chi connectivity index (χ1v) is 5.53. The van der Waals surface area contributed by atoms with E-state index in [-0.39, 0.29) is 7.05 Å². The lowest BCUT2D eigenvalue weighted by Gasteiger charge is -2.01. The van der Waals surface area contributed by atoms with E-state index >= 15 is 0 Å². The van der Waals surface area contributed by atoms with Gasteiger partial charge in [0.05, 0.1) is 0 Å². The largest absolute Gasteiger partial charge is 0.496 e. The molecule has 3 nitrogen and oxygen atoms in total. The van der Waals surface area contributed by atoms with Crippen LogP contribution < -0.4 is 10.9 Å². The fraction of sp³-hybridized carbons (Fsp3) is 0. The van der Waals surface area contributed by atoms with E-state index in [9.17, 15) is 0 Å². The lowest BCUT2D eigenvalue weighted by molar-refractivity contribution is 0.284. The second-order valence-electron chi connectivity index (χ2n) is 3.83. The Morgan fingerprint density at radius 3 is 2.24 bits per heavy atom. The van der Waals surface area contributed by atoms with E-state index in [1.807, 2.05) is 60.7 Å². The molecular formula is C13H11BN2O. The predicted octanol–water partition coefficient (Wildman–Crippen LogP) is 1.36. The molecule has 1 aliphatic heterocycles. The summed E-state index contributed by atoms with van der Waals surface area (Å²) in [5.41, 5.74) is 4.95. The van der Waals surface area contributed by atoms with Crippen LogP contribution in [0.2, 0.25) is 0 Å². The molecule has 0 fully saturated rings. The van der Waals surface area contributed by atoms with Crippen molar-refractivity contribution in [3.63, 3.8) is 0 Å². The summed E-state index contributed by atoms with van der Waals surface area (Å²) in [6.07, 6.45) is 0. The van der Waals surface area contributed by atoms with Crippen molar-refractivity contribution >= 4 is 18.3 Å². The van der Waals surface area contributed by atoms with Crippen molar-refractivity contribution in [2.24, 2.45) is 4.90 Å². The van der Waals surface area contributed by atoms with Crippen LogP contribution in [0.3, 0.4) is 0 Å². The van der Waals surface area contributed by atoms with Crippen LogP contribution in [-0.4, -0.2) is 12.9 Å². The van der Waals surface area contributed by atoms with Crippen LogP contribution >= 0.6 is 0 Å². The van der Waals surface area contributed by atoms with Crippen LogP contribution in [0.1, 0.15) is 5.56 Å². The van der Waals surface area contributed by atoms with Gasteiger partial charge in [-0.1, -0.05) is 60.7 Å². The van der Waals surface area contributed by atoms with Crippen molar-refractivity contribution in [2.75, 3.05) is 0 Å². The summed E-state index contributed by atoms with van der Waals surface area (Å²) in [7, 11) is -0.258. The SMILES string of the molecule is c1ccc(B2N=C(c3ccccc3)NO2)cc1. The van der Waals surface area contributed by atoms with Crippen molar-refractivity contribution < 1.29 is 4.76 Å². The van der Waals surface area contributed by atoms with Crippen LogP contribution in [0.15, 0.2) is 65.6 Å². The average molecular weight is 222 g/mol. The van der Waals surface area contributed by atoms with Crippen LogP contribution in [-0.2, 0) is 4.76 Å². The Kier molecular flexibility index (Phi) is 2.64. The standard InChI is InChI=1S/C13H11BN2O/c1-3-7-11(8-4-1)13-15-14(17-16-13)12-9-5-2-6-10-12/h1-10H,(H,15,16). The van der Waals surface area contributed by atoms with E-state index in [1.165, 1.54) is 0 Å². The molecule has 2 aromatic carbocycles. The van der Waals surface area contributed by atoms with Gasteiger partial charge >= 0.3 is 7.05 Å². The number of nitrogens with one attached hydrogen (secondary N) is 1. The van der Waals surface area contributed by atoms with Gasteiger partial charge in [-0.25, -0.2) is 0 Å². The van der Waals surface area contributed by atoms with Crippen molar-refractivity contribution in [1.29, 1.82) is 0 Å². The summed E-state index contributed by atoms with van der Waals surface area (Å²) in [5, 5.41) is 0. The number of nitrogens with zero attached hydrogens (tertiary/aromatic N) is 1. The molecule has 0 aliphatic carbocycles. The predicted molar refractivity (Wildman–Crippen MR) is 69.0 cm³/mol. The van der Waals surface area contributed by atoms with E-state index in [0.717, 1.165) is 16.9 Å². The first-order chi connectivity index (χ1) is 8.43. The highest BCUT2D eigenvalue weighted by Gasteiger charge is 2.26. The Morgan fingerprint density at radius 2 is 1.53 bits per heavy atom. The molecule has 82 valence electrons. The Hall–Kier alpha value is -2.07. The lowest BCUT2D eigenvalue weighted by atomic mass is 9.75. The normalized spacial score (nSPS) is 14.4. The first kappa shape index (κ1) is 10.1. The Labute approximate surface area is 100 Å². The summed E-state index contributed by atoms with van der Waals surface area (Å²) in [6, 6.07) is 19.9. The van der Waals surface area contributed by atoms with Gasteiger partial charge in [-0.3, -0.25) is 15.1 Å². The second-order valence-corrected chi connectivity index (χ2v) is 3.83. The quantitative estimate of drug-likeness (QED) is 0.778. The third-order valence-electron chi connectivity index (χ3n) is 2.65. The first-order valence-electron chi connectivity index (χ1n) is 5.53. The molecule has 0 saturated heterocycles. The number of amidine groups is 1. The maximum Gasteiger partial charge on any atom is 0.496 e. The van der Waals surface area contributed by atoms with Gasteiger partial charge in [0.15, 0.2) is 0 Å². The van der Waals surface area contributed by atoms with E-state index < -0.39 is 0 Å². The average Bonchev–Trinajstić information content (AvgIpc) is 2.90. The Bertz CT molecular complexity index is 528. The maximum absolute atomic E-state index is 5.45. The summed E-state index contributed by atoms with van der Waals surface area (Å²) in [5.74, 6) is 0.777.